The summed E-state index contributed by atoms with van der Waals surface area (Å²) in [5.41, 5.74) is 1.42. The van der Waals surface area contributed by atoms with Crippen LogP contribution in [0.3, 0.4) is 0 Å². The van der Waals surface area contributed by atoms with Crippen LogP contribution in [-0.2, 0) is 7.05 Å². The molecule has 3 rings (SSSR count). The predicted molar refractivity (Wildman–Crippen MR) is 73.0 cm³/mol. The van der Waals surface area contributed by atoms with E-state index in [1.807, 2.05) is 13.2 Å². The third-order valence-electron chi connectivity index (χ3n) is 3.11. The Morgan fingerprint density at radius 1 is 1.63 bits per heavy atom. The minimum Gasteiger partial charge on any atom is -0.350 e. The second kappa shape index (κ2) is 5.10. The number of hydrogen-bond donors (Lipinski definition) is 2. The number of rotatable bonds is 4. The van der Waals surface area contributed by atoms with E-state index in [0.29, 0.717) is 18.2 Å². The van der Waals surface area contributed by atoms with Crippen molar-refractivity contribution in [2.45, 2.75) is 0 Å². The standard InChI is InChI=1S/C12H15N5OS/c1-17-6-9(5-15-17)12-16-10(7-19-12)11(18)14-4-8-2-13-3-8/h5-8,13H,2-4H2,1H3,(H,14,18). The van der Waals surface area contributed by atoms with Crippen molar-refractivity contribution in [3.63, 3.8) is 0 Å². The fourth-order valence-electron chi connectivity index (χ4n) is 1.86. The molecule has 2 aromatic heterocycles. The highest BCUT2D eigenvalue weighted by Gasteiger charge is 2.18. The summed E-state index contributed by atoms with van der Waals surface area (Å²) in [4.78, 5) is 16.3. The van der Waals surface area contributed by atoms with Crippen molar-refractivity contribution in [1.82, 2.24) is 25.4 Å². The van der Waals surface area contributed by atoms with Gasteiger partial charge in [0, 0.05) is 49.7 Å². The molecule has 2 N–H and O–H groups in total. The molecule has 0 unspecified atom stereocenters. The maximum Gasteiger partial charge on any atom is 0.270 e. The van der Waals surface area contributed by atoms with Crippen LogP contribution in [0.15, 0.2) is 17.8 Å². The summed E-state index contributed by atoms with van der Waals surface area (Å²) in [5, 5.41) is 12.8. The lowest BCUT2D eigenvalue weighted by Gasteiger charge is -2.26. The summed E-state index contributed by atoms with van der Waals surface area (Å²) < 4.78 is 1.72. The number of thiazole rings is 1. The van der Waals surface area contributed by atoms with E-state index in [-0.39, 0.29) is 5.91 Å². The normalized spacial score (nSPS) is 15.2. The predicted octanol–water partition coefficient (Wildman–Crippen LogP) is 0.493. The summed E-state index contributed by atoms with van der Waals surface area (Å²) in [5.74, 6) is 0.457. The third-order valence-corrected chi connectivity index (χ3v) is 4.00. The highest BCUT2D eigenvalue weighted by Crippen LogP contribution is 2.22. The molecule has 0 aliphatic carbocycles. The summed E-state index contributed by atoms with van der Waals surface area (Å²) in [6, 6.07) is 0. The van der Waals surface area contributed by atoms with E-state index >= 15 is 0 Å². The van der Waals surface area contributed by atoms with Gasteiger partial charge in [0.1, 0.15) is 10.7 Å². The first-order valence-corrected chi connectivity index (χ1v) is 7.04. The van der Waals surface area contributed by atoms with Gasteiger partial charge in [-0.25, -0.2) is 4.98 Å². The number of carbonyl (C=O) groups is 1. The quantitative estimate of drug-likeness (QED) is 0.853. The lowest BCUT2D eigenvalue weighted by Crippen LogP contribution is -2.48. The molecule has 2 aromatic rings. The Balaban J connectivity index is 1.64. The van der Waals surface area contributed by atoms with E-state index in [0.717, 1.165) is 23.7 Å². The molecule has 0 atom stereocenters. The van der Waals surface area contributed by atoms with Crippen LogP contribution in [0.25, 0.3) is 10.6 Å². The Kier molecular flexibility index (Phi) is 3.31. The molecule has 0 aromatic carbocycles. The number of nitrogens with one attached hydrogen (secondary N) is 2. The van der Waals surface area contributed by atoms with Crippen LogP contribution >= 0.6 is 11.3 Å². The summed E-state index contributed by atoms with van der Waals surface area (Å²) >= 11 is 1.46. The van der Waals surface area contributed by atoms with Gasteiger partial charge >= 0.3 is 0 Å². The second-order valence-corrected chi connectivity index (χ2v) is 5.53. The molecule has 0 saturated carbocycles. The molecular formula is C12H15N5OS. The van der Waals surface area contributed by atoms with Gasteiger partial charge in [-0.3, -0.25) is 9.48 Å². The first-order chi connectivity index (χ1) is 9.22. The maximum atomic E-state index is 11.9. The highest BCUT2D eigenvalue weighted by atomic mass is 32.1. The van der Waals surface area contributed by atoms with Gasteiger partial charge in [0.2, 0.25) is 0 Å². The Morgan fingerprint density at radius 2 is 2.47 bits per heavy atom. The Bertz CT molecular complexity index is 586. The molecule has 6 nitrogen and oxygen atoms in total. The van der Waals surface area contributed by atoms with E-state index < -0.39 is 0 Å². The number of carbonyl (C=O) groups excluding carboxylic acids is 1. The van der Waals surface area contributed by atoms with Gasteiger partial charge in [0.15, 0.2) is 0 Å². The fraction of sp³-hybridized carbons (Fsp3) is 0.417. The molecule has 100 valence electrons. The Hall–Kier alpha value is -1.73. The fourth-order valence-corrected chi connectivity index (χ4v) is 2.64. The zero-order chi connectivity index (χ0) is 13.2. The SMILES string of the molecule is Cn1cc(-c2nc(C(=O)NCC3CNC3)cs2)cn1. The van der Waals surface area contributed by atoms with Gasteiger partial charge in [-0.1, -0.05) is 0 Å². The van der Waals surface area contributed by atoms with E-state index in [4.69, 9.17) is 0 Å². The van der Waals surface area contributed by atoms with Gasteiger partial charge in [-0.15, -0.1) is 11.3 Å². The average Bonchev–Trinajstić information content (AvgIpc) is 2.94. The van der Waals surface area contributed by atoms with Crippen LogP contribution in [0.4, 0.5) is 0 Å². The summed E-state index contributed by atoms with van der Waals surface area (Å²) in [7, 11) is 1.86. The van der Waals surface area contributed by atoms with E-state index in [1.54, 1.807) is 16.3 Å². The Morgan fingerprint density at radius 3 is 3.11 bits per heavy atom. The minimum absolute atomic E-state index is 0.0988. The van der Waals surface area contributed by atoms with Crippen LogP contribution in [0.5, 0.6) is 0 Å². The van der Waals surface area contributed by atoms with E-state index in [1.165, 1.54) is 11.3 Å². The lowest BCUT2D eigenvalue weighted by atomic mass is 10.0. The number of aromatic nitrogens is 3. The van der Waals surface area contributed by atoms with Gasteiger partial charge in [-0.05, 0) is 0 Å². The van der Waals surface area contributed by atoms with Crippen LogP contribution in [0.1, 0.15) is 10.5 Å². The molecule has 1 aliphatic rings. The molecule has 1 saturated heterocycles. The average molecular weight is 277 g/mol. The zero-order valence-electron chi connectivity index (χ0n) is 10.6. The maximum absolute atomic E-state index is 11.9. The number of aryl methyl sites for hydroxylation is 1. The van der Waals surface area contributed by atoms with Gasteiger partial charge in [0.05, 0.1) is 6.20 Å². The van der Waals surface area contributed by atoms with Crippen LogP contribution < -0.4 is 10.6 Å². The largest absolute Gasteiger partial charge is 0.350 e. The topological polar surface area (TPSA) is 71.8 Å². The monoisotopic (exact) mass is 277 g/mol. The van der Waals surface area contributed by atoms with E-state index in [2.05, 4.69) is 20.7 Å². The Labute approximate surface area is 114 Å². The summed E-state index contributed by atoms with van der Waals surface area (Å²) in [6.45, 7) is 2.68. The van der Waals surface area contributed by atoms with Crippen LogP contribution in [0.2, 0.25) is 0 Å². The summed E-state index contributed by atoms with van der Waals surface area (Å²) in [6.07, 6.45) is 3.64. The molecule has 0 spiro atoms. The first kappa shape index (κ1) is 12.3. The molecule has 7 heteroatoms. The number of nitrogens with zero attached hydrogens (tertiary/aromatic N) is 3. The molecule has 19 heavy (non-hydrogen) atoms. The van der Waals surface area contributed by atoms with Crippen molar-refractivity contribution in [3.05, 3.63) is 23.5 Å². The van der Waals surface area contributed by atoms with Crippen LogP contribution in [0, 0.1) is 5.92 Å². The molecule has 1 amide bonds. The van der Waals surface area contributed by atoms with Crippen molar-refractivity contribution in [2.24, 2.45) is 13.0 Å². The van der Waals surface area contributed by atoms with Crippen LogP contribution in [-0.4, -0.2) is 40.3 Å². The number of hydrogen-bond acceptors (Lipinski definition) is 5. The van der Waals surface area contributed by atoms with Gasteiger partial charge in [-0.2, -0.15) is 5.10 Å². The number of amides is 1. The molecular weight excluding hydrogens is 262 g/mol. The van der Waals surface area contributed by atoms with Gasteiger partial charge in [0.25, 0.3) is 5.91 Å². The van der Waals surface area contributed by atoms with Crippen molar-refractivity contribution in [1.29, 1.82) is 0 Å². The zero-order valence-corrected chi connectivity index (χ0v) is 11.4. The lowest BCUT2D eigenvalue weighted by molar-refractivity contribution is 0.0938. The first-order valence-electron chi connectivity index (χ1n) is 6.16. The second-order valence-electron chi connectivity index (χ2n) is 4.67. The van der Waals surface area contributed by atoms with Crippen molar-refractivity contribution >= 4 is 17.2 Å². The molecule has 0 bridgehead atoms. The smallest absolute Gasteiger partial charge is 0.270 e. The molecule has 0 radical (unpaired) electrons. The van der Waals surface area contributed by atoms with Gasteiger partial charge < -0.3 is 10.6 Å². The third kappa shape index (κ3) is 2.66. The van der Waals surface area contributed by atoms with Crippen molar-refractivity contribution in [2.75, 3.05) is 19.6 Å². The molecule has 1 aliphatic heterocycles. The molecule has 3 heterocycles. The highest BCUT2D eigenvalue weighted by molar-refractivity contribution is 7.13. The minimum atomic E-state index is -0.0988. The molecule has 1 fully saturated rings. The van der Waals surface area contributed by atoms with Crippen molar-refractivity contribution in [3.8, 4) is 10.6 Å². The van der Waals surface area contributed by atoms with E-state index in [9.17, 15) is 4.79 Å². The van der Waals surface area contributed by atoms with Crippen molar-refractivity contribution < 1.29 is 4.79 Å².